The molecule has 8 heteroatoms. The van der Waals surface area contributed by atoms with E-state index in [4.69, 9.17) is 4.52 Å². The van der Waals surface area contributed by atoms with Crippen molar-refractivity contribution in [2.24, 2.45) is 0 Å². The minimum atomic E-state index is -0.184. The van der Waals surface area contributed by atoms with E-state index in [-0.39, 0.29) is 11.7 Å². The van der Waals surface area contributed by atoms with Crippen LogP contribution in [0.3, 0.4) is 0 Å². The molecule has 1 amide bonds. The Morgan fingerprint density at radius 1 is 1.07 bits per heavy atom. The summed E-state index contributed by atoms with van der Waals surface area (Å²) in [6.45, 7) is 3.30. The predicted octanol–water partition coefficient (Wildman–Crippen LogP) is 2.55. The van der Waals surface area contributed by atoms with Crippen LogP contribution in [-0.2, 0) is 17.8 Å². The zero-order valence-corrected chi connectivity index (χ0v) is 16.0. The molecule has 1 aliphatic rings. The standard InChI is InChI=1S/C21H22FN5O2/c22-18-4-2-1-3-17(18)15-26-11-13-27(14-12-26)20(28)6-5-19-24-21(25-29-19)16-7-9-23-10-8-16/h1-4,7-10H,5-6,11-15H2. The monoisotopic (exact) mass is 395 g/mol. The fraction of sp³-hybridized carbons (Fsp3) is 0.333. The number of benzene rings is 1. The van der Waals surface area contributed by atoms with E-state index in [9.17, 15) is 9.18 Å². The van der Waals surface area contributed by atoms with Gasteiger partial charge in [-0.3, -0.25) is 14.7 Å². The van der Waals surface area contributed by atoms with Gasteiger partial charge in [-0.2, -0.15) is 4.98 Å². The van der Waals surface area contributed by atoms with Crippen LogP contribution in [0.5, 0.6) is 0 Å². The lowest BCUT2D eigenvalue weighted by molar-refractivity contribution is -0.133. The molecule has 0 spiro atoms. The lowest BCUT2D eigenvalue weighted by Crippen LogP contribution is -2.48. The van der Waals surface area contributed by atoms with E-state index in [1.54, 1.807) is 36.7 Å². The van der Waals surface area contributed by atoms with Crippen LogP contribution in [0.4, 0.5) is 4.39 Å². The molecule has 1 aromatic carbocycles. The van der Waals surface area contributed by atoms with Crippen LogP contribution < -0.4 is 0 Å². The van der Waals surface area contributed by atoms with E-state index in [1.807, 2.05) is 11.0 Å². The number of pyridine rings is 1. The Balaban J connectivity index is 1.24. The molecular formula is C21H22FN5O2. The van der Waals surface area contributed by atoms with Crippen LogP contribution in [0.1, 0.15) is 17.9 Å². The van der Waals surface area contributed by atoms with Gasteiger partial charge in [-0.25, -0.2) is 4.39 Å². The molecule has 1 fully saturated rings. The summed E-state index contributed by atoms with van der Waals surface area (Å²) in [5.41, 5.74) is 1.51. The molecule has 29 heavy (non-hydrogen) atoms. The topological polar surface area (TPSA) is 75.4 Å². The maximum absolute atomic E-state index is 13.8. The third-order valence-corrected chi connectivity index (χ3v) is 5.04. The lowest BCUT2D eigenvalue weighted by Gasteiger charge is -2.34. The highest BCUT2D eigenvalue weighted by Crippen LogP contribution is 2.16. The molecule has 150 valence electrons. The number of aryl methyl sites for hydroxylation is 1. The van der Waals surface area contributed by atoms with E-state index in [0.717, 1.165) is 18.7 Å². The fourth-order valence-corrected chi connectivity index (χ4v) is 3.37. The maximum atomic E-state index is 13.8. The van der Waals surface area contributed by atoms with Crippen LogP contribution in [0.25, 0.3) is 11.4 Å². The van der Waals surface area contributed by atoms with Crippen molar-refractivity contribution in [1.82, 2.24) is 24.9 Å². The van der Waals surface area contributed by atoms with Gasteiger partial charge in [-0.15, -0.1) is 0 Å². The molecule has 0 saturated carbocycles. The average molecular weight is 395 g/mol. The second-order valence-electron chi connectivity index (χ2n) is 7.00. The van der Waals surface area contributed by atoms with Crippen molar-refractivity contribution in [3.05, 3.63) is 66.1 Å². The number of amides is 1. The first-order chi connectivity index (χ1) is 14.2. The number of carbonyl (C=O) groups is 1. The molecule has 7 nitrogen and oxygen atoms in total. The number of nitrogens with zero attached hydrogens (tertiary/aromatic N) is 5. The van der Waals surface area contributed by atoms with E-state index in [1.165, 1.54) is 6.07 Å². The zero-order valence-electron chi connectivity index (χ0n) is 16.0. The summed E-state index contributed by atoms with van der Waals surface area (Å²) in [5.74, 6) is 0.829. The second kappa shape index (κ2) is 8.91. The van der Waals surface area contributed by atoms with Crippen LogP contribution in [0.15, 0.2) is 53.3 Å². The van der Waals surface area contributed by atoms with E-state index >= 15 is 0 Å². The van der Waals surface area contributed by atoms with Gasteiger partial charge < -0.3 is 9.42 Å². The number of halogens is 1. The van der Waals surface area contributed by atoms with Crippen molar-refractivity contribution in [3.63, 3.8) is 0 Å². The highest BCUT2D eigenvalue weighted by Gasteiger charge is 2.22. The Kier molecular flexibility index (Phi) is 5.90. The number of aromatic nitrogens is 3. The molecule has 0 bridgehead atoms. The van der Waals surface area contributed by atoms with Crippen LogP contribution in [0.2, 0.25) is 0 Å². The molecular weight excluding hydrogens is 373 g/mol. The van der Waals surface area contributed by atoms with Crippen molar-refractivity contribution >= 4 is 5.91 Å². The molecule has 3 heterocycles. The number of carbonyl (C=O) groups excluding carboxylic acids is 1. The molecule has 0 aliphatic carbocycles. The van der Waals surface area contributed by atoms with Gasteiger partial charge in [-0.05, 0) is 18.2 Å². The minimum Gasteiger partial charge on any atom is -0.340 e. The van der Waals surface area contributed by atoms with E-state index < -0.39 is 0 Å². The van der Waals surface area contributed by atoms with Gasteiger partial charge in [0.25, 0.3) is 0 Å². The van der Waals surface area contributed by atoms with Crippen molar-refractivity contribution in [1.29, 1.82) is 0 Å². The summed E-state index contributed by atoms with van der Waals surface area (Å²) in [7, 11) is 0. The molecule has 0 atom stereocenters. The Hall–Kier alpha value is -3.13. The first-order valence-corrected chi connectivity index (χ1v) is 9.65. The van der Waals surface area contributed by atoms with Gasteiger partial charge in [0.2, 0.25) is 17.6 Å². The van der Waals surface area contributed by atoms with Crippen molar-refractivity contribution in [3.8, 4) is 11.4 Å². The van der Waals surface area contributed by atoms with Crippen LogP contribution in [-0.4, -0.2) is 57.0 Å². The minimum absolute atomic E-state index is 0.0687. The van der Waals surface area contributed by atoms with E-state index in [0.29, 0.717) is 49.8 Å². The van der Waals surface area contributed by atoms with Crippen molar-refractivity contribution in [2.75, 3.05) is 26.2 Å². The first kappa shape index (κ1) is 19.2. The Labute approximate surface area is 168 Å². The number of rotatable bonds is 6. The fourth-order valence-electron chi connectivity index (χ4n) is 3.37. The Morgan fingerprint density at radius 2 is 1.83 bits per heavy atom. The highest BCUT2D eigenvalue weighted by atomic mass is 19.1. The summed E-state index contributed by atoms with van der Waals surface area (Å²) in [4.78, 5) is 24.8. The van der Waals surface area contributed by atoms with Gasteiger partial charge in [-0.1, -0.05) is 23.4 Å². The molecule has 4 rings (SSSR count). The van der Waals surface area contributed by atoms with Gasteiger partial charge >= 0.3 is 0 Å². The molecule has 1 saturated heterocycles. The molecule has 2 aromatic heterocycles. The quantitative estimate of drug-likeness (QED) is 0.639. The second-order valence-corrected chi connectivity index (χ2v) is 7.00. The number of hydrogen-bond acceptors (Lipinski definition) is 6. The molecule has 1 aliphatic heterocycles. The third kappa shape index (κ3) is 4.83. The SMILES string of the molecule is O=C(CCc1nc(-c2ccncc2)no1)N1CCN(Cc2ccccc2F)CC1. The summed E-state index contributed by atoms with van der Waals surface area (Å²) < 4.78 is 19.1. The van der Waals surface area contributed by atoms with Gasteiger partial charge in [0.05, 0.1) is 0 Å². The molecule has 3 aromatic rings. The Morgan fingerprint density at radius 3 is 2.59 bits per heavy atom. The van der Waals surface area contributed by atoms with E-state index in [2.05, 4.69) is 20.0 Å². The molecule has 0 N–H and O–H groups in total. The average Bonchev–Trinajstić information content (AvgIpc) is 3.24. The van der Waals surface area contributed by atoms with Gasteiger partial charge in [0, 0.05) is 69.1 Å². The summed E-state index contributed by atoms with van der Waals surface area (Å²) >= 11 is 0. The number of piperazine rings is 1. The Bertz CT molecular complexity index is 954. The first-order valence-electron chi connectivity index (χ1n) is 9.65. The molecule has 0 unspecified atom stereocenters. The van der Waals surface area contributed by atoms with Crippen molar-refractivity contribution < 1.29 is 13.7 Å². The summed E-state index contributed by atoms with van der Waals surface area (Å²) in [6, 6.07) is 10.4. The smallest absolute Gasteiger partial charge is 0.227 e. The van der Waals surface area contributed by atoms with Crippen molar-refractivity contribution in [2.45, 2.75) is 19.4 Å². The lowest BCUT2D eigenvalue weighted by atomic mass is 10.1. The van der Waals surface area contributed by atoms with Gasteiger partial charge in [0.15, 0.2) is 0 Å². The van der Waals surface area contributed by atoms with Gasteiger partial charge in [0.1, 0.15) is 5.82 Å². The number of hydrogen-bond donors (Lipinski definition) is 0. The predicted molar refractivity (Wildman–Crippen MR) is 104 cm³/mol. The zero-order chi connectivity index (χ0) is 20.1. The van der Waals surface area contributed by atoms with Crippen LogP contribution in [0, 0.1) is 5.82 Å². The van der Waals surface area contributed by atoms with Crippen LogP contribution >= 0.6 is 0 Å². The summed E-state index contributed by atoms with van der Waals surface area (Å²) in [5, 5.41) is 3.96. The highest BCUT2D eigenvalue weighted by molar-refractivity contribution is 5.76. The largest absolute Gasteiger partial charge is 0.340 e. The third-order valence-electron chi connectivity index (χ3n) is 5.04. The normalized spacial score (nSPS) is 14.9. The maximum Gasteiger partial charge on any atom is 0.227 e. The molecule has 0 radical (unpaired) electrons. The summed E-state index contributed by atoms with van der Waals surface area (Å²) in [6.07, 6.45) is 4.07.